The molecule has 0 aliphatic heterocycles. The van der Waals surface area contributed by atoms with E-state index in [1.54, 1.807) is 24.6 Å². The Hall–Kier alpha value is -1.04. The third kappa shape index (κ3) is 3.11. The van der Waals surface area contributed by atoms with Gasteiger partial charge in [-0.25, -0.2) is 0 Å². The fourth-order valence-corrected chi connectivity index (χ4v) is 3.16. The largest absolute Gasteiger partial charge is 0.493 e. The summed E-state index contributed by atoms with van der Waals surface area (Å²) in [6.07, 6.45) is 2.81. The van der Waals surface area contributed by atoms with Gasteiger partial charge in [0, 0.05) is 11.9 Å². The maximum absolute atomic E-state index is 6.05. The fraction of sp³-hybridized carbons (Fsp3) is 0.462. The predicted molar refractivity (Wildman–Crippen MR) is 79.2 cm³/mol. The molecule has 0 aliphatic carbocycles. The Kier molecular flexibility index (Phi) is 4.85. The van der Waals surface area contributed by atoms with Crippen LogP contribution in [0.3, 0.4) is 0 Å². The Morgan fingerprint density at radius 1 is 1.53 bits per heavy atom. The van der Waals surface area contributed by atoms with Gasteiger partial charge in [0.2, 0.25) is 0 Å². The maximum Gasteiger partial charge on any atom is 0.161 e. The molecule has 0 spiro atoms. The quantitative estimate of drug-likeness (QED) is 0.890. The van der Waals surface area contributed by atoms with Gasteiger partial charge >= 0.3 is 0 Å². The van der Waals surface area contributed by atoms with E-state index in [-0.39, 0.29) is 6.04 Å². The first kappa shape index (κ1) is 14.4. The van der Waals surface area contributed by atoms with Gasteiger partial charge in [-0.1, -0.05) is 18.5 Å². The highest BCUT2D eigenvalue weighted by molar-refractivity contribution is 7.16. The van der Waals surface area contributed by atoms with Crippen molar-refractivity contribution >= 4 is 22.9 Å². The summed E-state index contributed by atoms with van der Waals surface area (Å²) in [6.45, 7) is 3.07. The number of methoxy groups -OCH3 is 1. The molecule has 1 unspecified atom stereocenters. The zero-order valence-corrected chi connectivity index (χ0v) is 12.9. The van der Waals surface area contributed by atoms with Crippen LogP contribution in [0.4, 0.5) is 0 Å². The molecule has 0 aliphatic rings. The number of hydrogen-bond donors (Lipinski definition) is 1. The minimum atomic E-state index is 0.0555. The summed E-state index contributed by atoms with van der Waals surface area (Å²) in [5, 5.41) is 7.80. The first-order valence-corrected chi connectivity index (χ1v) is 7.41. The molecule has 1 atom stereocenters. The highest BCUT2D eigenvalue weighted by atomic mass is 35.5. The van der Waals surface area contributed by atoms with Crippen molar-refractivity contribution in [1.29, 1.82) is 0 Å². The number of nitrogens with zero attached hydrogens (tertiary/aromatic N) is 2. The molecule has 2 aromatic heterocycles. The van der Waals surface area contributed by atoms with Crippen molar-refractivity contribution < 1.29 is 4.74 Å². The molecule has 2 heterocycles. The molecule has 19 heavy (non-hydrogen) atoms. The van der Waals surface area contributed by atoms with E-state index in [9.17, 15) is 0 Å². The van der Waals surface area contributed by atoms with Gasteiger partial charge in [0.25, 0.3) is 0 Å². The van der Waals surface area contributed by atoms with Crippen molar-refractivity contribution in [1.82, 2.24) is 15.1 Å². The maximum atomic E-state index is 6.05. The zero-order chi connectivity index (χ0) is 13.8. The standard InChI is InChI=1S/C13H18ClN3OS/c1-4-7-15-12(10-5-6-11(14)19-10)13-9(18-3)8-16-17(13)2/h5-6,8,12,15H,4,7H2,1-3H3. The van der Waals surface area contributed by atoms with E-state index in [2.05, 4.69) is 17.3 Å². The topological polar surface area (TPSA) is 39.1 Å². The third-order valence-corrected chi connectivity index (χ3v) is 4.22. The van der Waals surface area contributed by atoms with Gasteiger partial charge in [-0.3, -0.25) is 4.68 Å². The van der Waals surface area contributed by atoms with Gasteiger partial charge in [0.15, 0.2) is 5.75 Å². The molecule has 1 N–H and O–H groups in total. The normalized spacial score (nSPS) is 12.6. The van der Waals surface area contributed by atoms with Crippen LogP contribution in [0.15, 0.2) is 18.3 Å². The lowest BCUT2D eigenvalue weighted by atomic mass is 10.1. The Balaban J connectivity index is 2.39. The number of halogens is 1. The van der Waals surface area contributed by atoms with Crippen molar-refractivity contribution in [3.8, 4) is 5.75 Å². The first-order chi connectivity index (χ1) is 9.17. The van der Waals surface area contributed by atoms with Crippen LogP contribution in [0.1, 0.15) is 30.0 Å². The molecule has 0 saturated carbocycles. The minimum absolute atomic E-state index is 0.0555. The molecule has 0 radical (unpaired) electrons. The van der Waals surface area contributed by atoms with Crippen LogP contribution in [0.5, 0.6) is 5.75 Å². The second kappa shape index (κ2) is 6.41. The molecule has 0 aromatic carbocycles. The van der Waals surface area contributed by atoms with E-state index in [1.165, 1.54) is 4.88 Å². The zero-order valence-electron chi connectivity index (χ0n) is 11.3. The van der Waals surface area contributed by atoms with E-state index in [1.807, 2.05) is 23.9 Å². The molecule has 0 amide bonds. The van der Waals surface area contributed by atoms with Gasteiger partial charge in [-0.05, 0) is 25.1 Å². The summed E-state index contributed by atoms with van der Waals surface area (Å²) in [5.41, 5.74) is 1.02. The molecule has 0 bridgehead atoms. The van der Waals surface area contributed by atoms with Crippen molar-refractivity contribution in [2.75, 3.05) is 13.7 Å². The molecule has 104 valence electrons. The number of hydrogen-bond acceptors (Lipinski definition) is 4. The second-order valence-corrected chi connectivity index (χ2v) is 6.00. The minimum Gasteiger partial charge on any atom is -0.493 e. The number of thiophene rings is 1. The van der Waals surface area contributed by atoms with E-state index in [4.69, 9.17) is 16.3 Å². The number of aromatic nitrogens is 2. The Bertz CT molecular complexity index is 538. The number of aryl methyl sites for hydroxylation is 1. The van der Waals surface area contributed by atoms with Crippen molar-refractivity contribution in [3.05, 3.63) is 33.2 Å². The summed E-state index contributed by atoms with van der Waals surface area (Å²) in [5.74, 6) is 0.792. The van der Waals surface area contributed by atoms with Crippen LogP contribution >= 0.6 is 22.9 Å². The van der Waals surface area contributed by atoms with Gasteiger partial charge in [-0.2, -0.15) is 5.10 Å². The smallest absolute Gasteiger partial charge is 0.161 e. The molecule has 0 fully saturated rings. The monoisotopic (exact) mass is 299 g/mol. The van der Waals surface area contributed by atoms with Gasteiger partial charge in [0.1, 0.15) is 5.69 Å². The predicted octanol–water partition coefficient (Wildman–Crippen LogP) is 3.23. The molecule has 0 saturated heterocycles. The number of ether oxygens (including phenoxy) is 1. The lowest BCUT2D eigenvalue weighted by Gasteiger charge is -2.18. The summed E-state index contributed by atoms with van der Waals surface area (Å²) in [7, 11) is 3.59. The third-order valence-electron chi connectivity index (χ3n) is 2.92. The number of rotatable bonds is 6. The highest BCUT2D eigenvalue weighted by Crippen LogP contribution is 2.34. The first-order valence-electron chi connectivity index (χ1n) is 6.21. The van der Waals surface area contributed by atoms with E-state index >= 15 is 0 Å². The molecule has 2 rings (SSSR count). The molecule has 2 aromatic rings. The Labute approximate surface area is 122 Å². The van der Waals surface area contributed by atoms with Crippen LogP contribution in [0.25, 0.3) is 0 Å². The van der Waals surface area contributed by atoms with Crippen LogP contribution in [-0.4, -0.2) is 23.4 Å². The lowest BCUT2D eigenvalue weighted by Crippen LogP contribution is -2.25. The molecular formula is C13H18ClN3OS. The SMILES string of the molecule is CCCNC(c1ccc(Cl)s1)c1c(OC)cnn1C. The molecular weight excluding hydrogens is 282 g/mol. The fourth-order valence-electron chi connectivity index (χ4n) is 2.02. The highest BCUT2D eigenvalue weighted by Gasteiger charge is 2.23. The van der Waals surface area contributed by atoms with Gasteiger partial charge in [0.05, 0.1) is 23.7 Å². The van der Waals surface area contributed by atoms with E-state index in [0.29, 0.717) is 0 Å². The van der Waals surface area contributed by atoms with Crippen LogP contribution in [-0.2, 0) is 7.05 Å². The average molecular weight is 300 g/mol. The Morgan fingerprint density at radius 2 is 2.32 bits per heavy atom. The lowest BCUT2D eigenvalue weighted by molar-refractivity contribution is 0.401. The average Bonchev–Trinajstić information content (AvgIpc) is 2.98. The number of nitrogens with one attached hydrogen (secondary N) is 1. The van der Waals surface area contributed by atoms with E-state index in [0.717, 1.165) is 28.7 Å². The van der Waals surface area contributed by atoms with E-state index < -0.39 is 0 Å². The van der Waals surface area contributed by atoms with Crippen molar-refractivity contribution in [2.24, 2.45) is 7.05 Å². The van der Waals surface area contributed by atoms with Gasteiger partial charge in [-0.15, -0.1) is 11.3 Å². The van der Waals surface area contributed by atoms with Crippen LogP contribution < -0.4 is 10.1 Å². The molecule has 4 nitrogen and oxygen atoms in total. The summed E-state index contributed by atoms with van der Waals surface area (Å²) < 4.78 is 8.04. The van der Waals surface area contributed by atoms with Gasteiger partial charge < -0.3 is 10.1 Å². The van der Waals surface area contributed by atoms with Crippen molar-refractivity contribution in [3.63, 3.8) is 0 Å². The summed E-state index contributed by atoms with van der Waals surface area (Å²) in [6, 6.07) is 4.03. The molecule has 6 heteroatoms. The Morgan fingerprint density at radius 3 is 2.89 bits per heavy atom. The second-order valence-electron chi connectivity index (χ2n) is 4.25. The summed E-state index contributed by atoms with van der Waals surface area (Å²) in [4.78, 5) is 1.17. The van der Waals surface area contributed by atoms with Crippen molar-refractivity contribution in [2.45, 2.75) is 19.4 Å². The van der Waals surface area contributed by atoms with Crippen LogP contribution in [0, 0.1) is 0 Å². The summed E-state index contributed by atoms with van der Waals surface area (Å²) >= 11 is 7.63. The van der Waals surface area contributed by atoms with Crippen LogP contribution in [0.2, 0.25) is 4.34 Å².